The fourth-order valence-corrected chi connectivity index (χ4v) is 2.62. The molecule has 0 aromatic carbocycles. The third-order valence-electron chi connectivity index (χ3n) is 2.33. The Bertz CT molecular complexity index is 345. The Morgan fingerprint density at radius 2 is 2.54 bits per heavy atom. The molecule has 0 unspecified atom stereocenters. The third kappa shape index (κ3) is 1.47. The molecular weight excluding hydrogens is 186 g/mol. The van der Waals surface area contributed by atoms with Crippen LogP contribution in [0.4, 0.5) is 0 Å². The molecule has 0 radical (unpaired) electrons. The van der Waals surface area contributed by atoms with Crippen LogP contribution in [0.5, 0.6) is 0 Å². The van der Waals surface area contributed by atoms with Gasteiger partial charge >= 0.3 is 5.97 Å². The molecule has 3 nitrogen and oxygen atoms in total. The van der Waals surface area contributed by atoms with E-state index in [1.165, 1.54) is 16.2 Å². The predicted octanol–water partition coefficient (Wildman–Crippen LogP) is 1.48. The average Bonchev–Trinajstić information content (AvgIpc) is 2.46. The molecule has 0 aliphatic carbocycles. The van der Waals surface area contributed by atoms with Crippen molar-refractivity contribution < 1.29 is 9.90 Å². The summed E-state index contributed by atoms with van der Waals surface area (Å²) in [5.41, 5.74) is 1.53. The zero-order valence-corrected chi connectivity index (χ0v) is 8.15. The molecule has 1 aromatic heterocycles. The number of nitrogens with one attached hydrogen (secondary N) is 1. The number of hydrogen-bond donors (Lipinski definition) is 2. The van der Waals surface area contributed by atoms with E-state index in [2.05, 4.69) is 12.2 Å². The Morgan fingerprint density at radius 3 is 3.23 bits per heavy atom. The van der Waals surface area contributed by atoms with Crippen LogP contribution < -0.4 is 5.32 Å². The minimum absolute atomic E-state index is 0.389. The summed E-state index contributed by atoms with van der Waals surface area (Å²) in [6, 6.07) is 0.389. The van der Waals surface area contributed by atoms with Gasteiger partial charge < -0.3 is 10.4 Å². The summed E-state index contributed by atoms with van der Waals surface area (Å²) >= 11 is 1.54. The van der Waals surface area contributed by atoms with Gasteiger partial charge in [0.2, 0.25) is 0 Å². The summed E-state index contributed by atoms with van der Waals surface area (Å²) in [7, 11) is 0. The fourth-order valence-electron chi connectivity index (χ4n) is 1.62. The van der Waals surface area contributed by atoms with E-state index >= 15 is 0 Å². The summed E-state index contributed by atoms with van der Waals surface area (Å²) in [5.74, 6) is -0.799. The van der Waals surface area contributed by atoms with Gasteiger partial charge in [-0.2, -0.15) is 0 Å². The maximum Gasteiger partial charge on any atom is 0.336 e. The Hall–Kier alpha value is -0.870. The highest BCUT2D eigenvalue weighted by Crippen LogP contribution is 2.27. The molecule has 0 saturated carbocycles. The summed E-state index contributed by atoms with van der Waals surface area (Å²) in [4.78, 5) is 12.0. The summed E-state index contributed by atoms with van der Waals surface area (Å²) in [5, 5.41) is 14.0. The van der Waals surface area contributed by atoms with E-state index in [9.17, 15) is 4.79 Å². The molecule has 0 spiro atoms. The van der Waals surface area contributed by atoms with Gasteiger partial charge in [0.25, 0.3) is 0 Å². The van der Waals surface area contributed by atoms with Gasteiger partial charge in [-0.15, -0.1) is 11.3 Å². The number of thiophene rings is 1. The molecule has 1 aliphatic rings. The number of rotatable bonds is 1. The first-order valence-corrected chi connectivity index (χ1v) is 5.12. The number of hydrogen-bond acceptors (Lipinski definition) is 3. The van der Waals surface area contributed by atoms with Crippen LogP contribution in [0.1, 0.15) is 27.7 Å². The maximum atomic E-state index is 10.8. The second kappa shape index (κ2) is 3.12. The van der Waals surface area contributed by atoms with Crippen molar-refractivity contribution in [3.05, 3.63) is 21.4 Å². The predicted molar refractivity (Wildman–Crippen MR) is 51.3 cm³/mol. The van der Waals surface area contributed by atoms with Crippen molar-refractivity contribution in [3.8, 4) is 0 Å². The van der Waals surface area contributed by atoms with Crippen LogP contribution in [-0.2, 0) is 13.0 Å². The molecule has 1 atom stereocenters. The van der Waals surface area contributed by atoms with Crippen molar-refractivity contribution in [2.24, 2.45) is 0 Å². The van der Waals surface area contributed by atoms with Gasteiger partial charge in [-0.25, -0.2) is 4.79 Å². The summed E-state index contributed by atoms with van der Waals surface area (Å²) < 4.78 is 0. The summed E-state index contributed by atoms with van der Waals surface area (Å²) in [6.45, 7) is 2.89. The van der Waals surface area contributed by atoms with Gasteiger partial charge in [-0.1, -0.05) is 0 Å². The fraction of sp³-hybridized carbons (Fsp3) is 0.444. The van der Waals surface area contributed by atoms with Crippen molar-refractivity contribution in [3.63, 3.8) is 0 Å². The topological polar surface area (TPSA) is 49.3 Å². The van der Waals surface area contributed by atoms with Crippen LogP contribution in [-0.4, -0.2) is 17.1 Å². The van der Waals surface area contributed by atoms with Crippen molar-refractivity contribution >= 4 is 17.3 Å². The van der Waals surface area contributed by atoms with Crippen LogP contribution in [0, 0.1) is 0 Å². The first kappa shape index (κ1) is 8.72. The van der Waals surface area contributed by atoms with E-state index in [4.69, 9.17) is 5.11 Å². The highest BCUT2D eigenvalue weighted by molar-refractivity contribution is 7.10. The molecular formula is C9H11NO2S. The maximum absolute atomic E-state index is 10.8. The molecule has 2 rings (SSSR count). The minimum atomic E-state index is -0.799. The van der Waals surface area contributed by atoms with Crippen LogP contribution in [0.25, 0.3) is 0 Å². The third-order valence-corrected chi connectivity index (χ3v) is 3.36. The molecule has 0 saturated heterocycles. The quantitative estimate of drug-likeness (QED) is 0.717. The molecule has 0 bridgehead atoms. The molecule has 1 aromatic rings. The van der Waals surface area contributed by atoms with Crippen LogP contribution in [0.2, 0.25) is 0 Å². The Kier molecular flexibility index (Phi) is 2.09. The lowest BCUT2D eigenvalue weighted by molar-refractivity contribution is 0.0696. The molecule has 13 heavy (non-hydrogen) atoms. The van der Waals surface area contributed by atoms with Crippen molar-refractivity contribution in [1.29, 1.82) is 0 Å². The van der Waals surface area contributed by atoms with E-state index < -0.39 is 5.97 Å². The van der Waals surface area contributed by atoms with Gasteiger partial charge in [-0.3, -0.25) is 0 Å². The van der Waals surface area contributed by atoms with E-state index in [0.29, 0.717) is 11.6 Å². The molecule has 70 valence electrons. The molecule has 1 aliphatic heterocycles. The second-order valence-corrected chi connectivity index (χ2v) is 4.31. The zero-order valence-electron chi connectivity index (χ0n) is 7.33. The Morgan fingerprint density at radius 1 is 1.77 bits per heavy atom. The molecule has 2 N–H and O–H groups in total. The monoisotopic (exact) mass is 197 g/mol. The van der Waals surface area contributed by atoms with Gasteiger partial charge in [0.05, 0.1) is 5.56 Å². The number of fused-ring (bicyclic) bond motifs is 1. The highest BCUT2D eigenvalue weighted by Gasteiger charge is 2.22. The van der Waals surface area contributed by atoms with Crippen molar-refractivity contribution in [2.75, 3.05) is 0 Å². The van der Waals surface area contributed by atoms with E-state index in [0.717, 1.165) is 18.5 Å². The first-order chi connectivity index (χ1) is 6.18. The highest BCUT2D eigenvalue weighted by atomic mass is 32.1. The molecule has 0 amide bonds. The standard InChI is InChI=1S/C9H11NO2S/c1-5-2-6-7(9(11)12)4-13-8(6)3-10-5/h4-5,10H,2-3H2,1H3,(H,11,12)/t5-/m1/s1. The largest absolute Gasteiger partial charge is 0.478 e. The average molecular weight is 197 g/mol. The number of carboxylic acid groups (broad SMARTS) is 1. The van der Waals surface area contributed by atoms with Crippen molar-refractivity contribution in [2.45, 2.75) is 25.9 Å². The van der Waals surface area contributed by atoms with Crippen molar-refractivity contribution in [1.82, 2.24) is 5.32 Å². The van der Waals surface area contributed by atoms with E-state index in [-0.39, 0.29) is 0 Å². The first-order valence-electron chi connectivity index (χ1n) is 4.24. The molecule has 2 heterocycles. The van der Waals surface area contributed by atoms with E-state index in [1.54, 1.807) is 5.38 Å². The Balaban J connectivity index is 2.41. The van der Waals surface area contributed by atoms with E-state index in [1.807, 2.05) is 0 Å². The number of carboxylic acids is 1. The van der Waals surface area contributed by atoms with Crippen LogP contribution in [0.15, 0.2) is 5.38 Å². The smallest absolute Gasteiger partial charge is 0.336 e. The van der Waals surface area contributed by atoms with Crippen LogP contribution in [0.3, 0.4) is 0 Å². The van der Waals surface area contributed by atoms with Gasteiger partial charge in [-0.05, 0) is 18.9 Å². The van der Waals surface area contributed by atoms with Gasteiger partial charge in [0.1, 0.15) is 0 Å². The second-order valence-electron chi connectivity index (χ2n) is 3.34. The SMILES string of the molecule is C[C@@H]1Cc2c(C(=O)O)csc2CN1. The lowest BCUT2D eigenvalue weighted by atomic mass is 10.00. The number of aromatic carboxylic acids is 1. The minimum Gasteiger partial charge on any atom is -0.478 e. The molecule has 0 fully saturated rings. The lowest BCUT2D eigenvalue weighted by Gasteiger charge is -2.20. The van der Waals surface area contributed by atoms with Gasteiger partial charge in [0.15, 0.2) is 0 Å². The molecule has 4 heteroatoms. The number of carbonyl (C=O) groups is 1. The normalized spacial score (nSPS) is 21.2. The van der Waals surface area contributed by atoms with Crippen LogP contribution >= 0.6 is 11.3 Å². The zero-order chi connectivity index (χ0) is 9.42. The summed E-state index contributed by atoms with van der Waals surface area (Å²) in [6.07, 6.45) is 0.834. The lowest BCUT2D eigenvalue weighted by Crippen LogP contribution is -2.32. The van der Waals surface area contributed by atoms with Gasteiger partial charge in [0, 0.05) is 22.8 Å². The Labute approximate surface area is 80.4 Å².